The molecule has 1 aromatic carbocycles. The first-order valence-electron chi connectivity index (χ1n) is 7.05. The topological polar surface area (TPSA) is 52.6 Å². The Bertz CT molecular complexity index is 494. The first kappa shape index (κ1) is 19.6. The van der Waals surface area contributed by atoms with Crippen LogP contribution in [0, 0.1) is 0 Å². The molecule has 0 saturated heterocycles. The summed E-state index contributed by atoms with van der Waals surface area (Å²) in [4.78, 5) is 21.9. The van der Waals surface area contributed by atoms with Crippen LogP contribution in [0.5, 0.6) is 0 Å². The van der Waals surface area contributed by atoms with E-state index in [1.165, 1.54) is 13.8 Å². The van der Waals surface area contributed by atoms with Crippen molar-refractivity contribution in [3.8, 4) is 0 Å². The zero-order valence-electron chi connectivity index (χ0n) is 12.7. The Hall–Kier alpha value is -0.461. The number of halogens is 2. The number of benzene rings is 1. The van der Waals surface area contributed by atoms with Crippen LogP contribution >= 0.6 is 17.8 Å². The molecule has 0 aromatic heterocycles. The molecule has 0 aliphatic carbocycles. The van der Waals surface area contributed by atoms with E-state index < -0.39 is 34.2 Å². The number of hydrogen-bond acceptors (Lipinski definition) is 4. The van der Waals surface area contributed by atoms with Gasteiger partial charge >= 0.3 is 143 Å². The van der Waals surface area contributed by atoms with Gasteiger partial charge in [-0.25, -0.2) is 0 Å². The molecule has 0 heterocycles. The molecular weight excluding hydrogens is 434 g/mol. The second-order valence-corrected chi connectivity index (χ2v) is 22.0. The van der Waals surface area contributed by atoms with E-state index in [2.05, 4.69) is 0 Å². The Morgan fingerprint density at radius 1 is 1.14 bits per heavy atom. The quantitative estimate of drug-likeness (QED) is 0.448. The van der Waals surface area contributed by atoms with Gasteiger partial charge in [0, 0.05) is 0 Å². The summed E-state index contributed by atoms with van der Waals surface area (Å²) in [6.45, 7) is 2.71. The first-order chi connectivity index (χ1) is 10.3. The molecule has 0 radical (unpaired) electrons. The monoisotopic (exact) mass is 454 g/mol. The van der Waals surface area contributed by atoms with Crippen LogP contribution in [-0.4, -0.2) is 40.8 Å². The zero-order valence-corrected chi connectivity index (χ0v) is 17.0. The summed E-state index contributed by atoms with van der Waals surface area (Å²) in [6.07, 6.45) is 0.835. The van der Waals surface area contributed by atoms with Crippen LogP contribution < -0.4 is 3.58 Å². The molecular formula is C15H20Cl2O4Sn. The summed E-state index contributed by atoms with van der Waals surface area (Å²) in [6, 6.07) is 9.69. The van der Waals surface area contributed by atoms with Gasteiger partial charge in [0.1, 0.15) is 0 Å². The average molecular weight is 454 g/mol. The Morgan fingerprint density at radius 3 is 2.32 bits per heavy atom. The van der Waals surface area contributed by atoms with E-state index in [0.717, 1.165) is 10.0 Å². The summed E-state index contributed by atoms with van der Waals surface area (Å²) < 4.78 is 11.8. The molecule has 1 atom stereocenters. The van der Waals surface area contributed by atoms with E-state index in [1.807, 2.05) is 30.3 Å². The van der Waals surface area contributed by atoms with Crippen molar-refractivity contribution in [2.75, 3.05) is 6.61 Å². The molecule has 0 fully saturated rings. The third-order valence-electron chi connectivity index (χ3n) is 3.02. The molecule has 122 valence electrons. The molecule has 4 nitrogen and oxygen atoms in total. The predicted molar refractivity (Wildman–Crippen MR) is 89.8 cm³/mol. The molecule has 0 bridgehead atoms. The van der Waals surface area contributed by atoms with Crippen molar-refractivity contribution < 1.29 is 19.1 Å². The van der Waals surface area contributed by atoms with Gasteiger partial charge in [0.2, 0.25) is 0 Å². The number of hydrogen-bond donors (Lipinski definition) is 0. The molecule has 1 rings (SSSR count). The normalized spacial score (nSPS) is 12.5. The van der Waals surface area contributed by atoms with Crippen LogP contribution in [-0.2, 0) is 19.1 Å². The fraction of sp³-hybridized carbons (Fsp3) is 0.467. The summed E-state index contributed by atoms with van der Waals surface area (Å²) >= 11 is -3.32. The molecule has 1 unspecified atom stereocenters. The van der Waals surface area contributed by atoms with Crippen molar-refractivity contribution >= 4 is 49.5 Å². The summed E-state index contributed by atoms with van der Waals surface area (Å²) in [7, 11) is 13.1. The molecule has 7 heteroatoms. The van der Waals surface area contributed by atoms with Gasteiger partial charge in [0.25, 0.3) is 0 Å². The SMILES string of the molecule is CC(=O)OCC(CC[CH2][Sn]([Cl])([Cl])[c]1ccccc1)OC(C)=O. The van der Waals surface area contributed by atoms with Gasteiger partial charge < -0.3 is 0 Å². The van der Waals surface area contributed by atoms with Crippen LogP contribution in [0.1, 0.15) is 26.7 Å². The van der Waals surface area contributed by atoms with E-state index in [1.54, 1.807) is 0 Å². The Morgan fingerprint density at radius 2 is 1.77 bits per heavy atom. The zero-order chi connectivity index (χ0) is 16.6. The van der Waals surface area contributed by atoms with Gasteiger partial charge in [-0.05, 0) is 0 Å². The van der Waals surface area contributed by atoms with Gasteiger partial charge in [-0.2, -0.15) is 0 Å². The first-order valence-corrected chi connectivity index (χ1v) is 17.7. The minimum atomic E-state index is -3.32. The van der Waals surface area contributed by atoms with E-state index in [-0.39, 0.29) is 6.61 Å². The van der Waals surface area contributed by atoms with Gasteiger partial charge in [-0.3, -0.25) is 0 Å². The Kier molecular flexibility index (Phi) is 8.57. The van der Waals surface area contributed by atoms with Crippen LogP contribution in [0.2, 0.25) is 4.44 Å². The molecule has 0 spiro atoms. The molecule has 0 saturated carbocycles. The van der Waals surface area contributed by atoms with Gasteiger partial charge in [0.05, 0.1) is 0 Å². The maximum absolute atomic E-state index is 11.1. The van der Waals surface area contributed by atoms with Crippen LogP contribution in [0.15, 0.2) is 30.3 Å². The fourth-order valence-electron chi connectivity index (χ4n) is 2.00. The molecule has 0 aliphatic rings. The van der Waals surface area contributed by atoms with Crippen molar-refractivity contribution in [3.63, 3.8) is 0 Å². The van der Waals surface area contributed by atoms with E-state index >= 15 is 0 Å². The minimum absolute atomic E-state index is 0.0628. The molecule has 0 amide bonds. The van der Waals surface area contributed by atoms with Gasteiger partial charge in [-0.15, -0.1) is 0 Å². The van der Waals surface area contributed by atoms with Crippen LogP contribution in [0.3, 0.4) is 0 Å². The summed E-state index contributed by atoms with van der Waals surface area (Å²) in [5, 5.41) is 0. The second kappa shape index (κ2) is 9.63. The predicted octanol–water partition coefficient (Wildman–Crippen LogP) is 3.09. The van der Waals surface area contributed by atoms with Crippen molar-refractivity contribution in [1.29, 1.82) is 0 Å². The van der Waals surface area contributed by atoms with E-state index in [9.17, 15) is 9.59 Å². The third kappa shape index (κ3) is 7.70. The Balaban J connectivity index is 2.50. The number of carbonyl (C=O) groups is 2. The van der Waals surface area contributed by atoms with Gasteiger partial charge in [-0.1, -0.05) is 0 Å². The third-order valence-corrected chi connectivity index (χ3v) is 14.6. The Labute approximate surface area is 142 Å². The van der Waals surface area contributed by atoms with Crippen molar-refractivity contribution in [2.24, 2.45) is 0 Å². The van der Waals surface area contributed by atoms with Crippen LogP contribution in [0.4, 0.5) is 0 Å². The second-order valence-electron chi connectivity index (χ2n) is 5.00. The number of esters is 2. The fourth-order valence-corrected chi connectivity index (χ4v) is 10.1. The molecule has 0 N–H and O–H groups in total. The molecule has 1 aromatic rings. The average Bonchev–Trinajstić information content (AvgIpc) is 2.45. The molecule has 0 aliphatic heterocycles. The maximum atomic E-state index is 11.1. The van der Waals surface area contributed by atoms with Gasteiger partial charge in [0.15, 0.2) is 0 Å². The number of carbonyl (C=O) groups excluding carboxylic acids is 2. The molecule has 22 heavy (non-hydrogen) atoms. The van der Waals surface area contributed by atoms with Crippen molar-refractivity contribution in [2.45, 2.75) is 37.2 Å². The number of rotatable bonds is 8. The number of ether oxygens (including phenoxy) is 2. The van der Waals surface area contributed by atoms with Crippen LogP contribution in [0.25, 0.3) is 0 Å². The van der Waals surface area contributed by atoms with E-state index in [0.29, 0.717) is 10.9 Å². The van der Waals surface area contributed by atoms with E-state index in [4.69, 9.17) is 27.3 Å². The summed E-state index contributed by atoms with van der Waals surface area (Å²) in [5.74, 6) is -0.795. The van der Waals surface area contributed by atoms with Crippen molar-refractivity contribution in [1.82, 2.24) is 0 Å². The summed E-state index contributed by atoms with van der Waals surface area (Å²) in [5.41, 5.74) is 0. The standard InChI is InChI=1S/C9H15O4.C6H5.2ClH.Sn/c1-4-5-9(13-8(3)11)6-12-7(2)10;1-2-4-6-5-3-1;;;/h9H,1,4-6H2,2-3H3;1-5H;2*1H;/q;;;;+2/p-2. The van der Waals surface area contributed by atoms with Crippen molar-refractivity contribution in [3.05, 3.63) is 30.3 Å².